The number of halogens is 1. The summed E-state index contributed by atoms with van der Waals surface area (Å²) in [6, 6.07) is 7.46. The van der Waals surface area contributed by atoms with Crippen molar-refractivity contribution < 1.29 is 14.7 Å². The molecule has 1 aliphatic heterocycles. The number of anilines is 1. The quantitative estimate of drug-likeness (QED) is 0.853. The van der Waals surface area contributed by atoms with Gasteiger partial charge in [0.05, 0.1) is 16.6 Å². The van der Waals surface area contributed by atoms with E-state index in [1.807, 2.05) is 24.3 Å². The molecule has 1 saturated heterocycles. The number of carboxylic acids is 1. The number of nitrogens with zero attached hydrogens (tertiary/aromatic N) is 2. The van der Waals surface area contributed by atoms with Crippen molar-refractivity contribution in [2.45, 2.75) is 25.8 Å². The van der Waals surface area contributed by atoms with Gasteiger partial charge in [-0.05, 0) is 25.0 Å². The molecule has 0 saturated carbocycles. The minimum atomic E-state index is -0.905. The van der Waals surface area contributed by atoms with Crippen LogP contribution >= 0.6 is 11.6 Å². The summed E-state index contributed by atoms with van der Waals surface area (Å²) in [5.41, 5.74) is 0.978. The molecule has 6 nitrogen and oxygen atoms in total. The number of rotatable bonds is 5. The first-order chi connectivity index (χ1) is 11.4. The lowest BCUT2D eigenvalue weighted by Crippen LogP contribution is -2.51. The van der Waals surface area contributed by atoms with Crippen LogP contribution in [-0.2, 0) is 4.79 Å². The second kappa shape index (κ2) is 8.24. The summed E-state index contributed by atoms with van der Waals surface area (Å²) in [5.74, 6) is -1.50. The minimum Gasteiger partial charge on any atom is -0.481 e. The van der Waals surface area contributed by atoms with Crippen LogP contribution < -0.4 is 10.2 Å². The molecule has 1 aromatic carbocycles. The zero-order chi connectivity index (χ0) is 17.7. The van der Waals surface area contributed by atoms with E-state index >= 15 is 0 Å². The van der Waals surface area contributed by atoms with E-state index in [9.17, 15) is 9.59 Å². The first kappa shape index (κ1) is 18.4. The lowest BCUT2D eigenvalue weighted by atomic mass is 10.0. The number of urea groups is 1. The standard InChI is InChI=1S/C17H24ClN3O3/c1-12(16(22)23)10-20(2)17(24)19-13-6-5-9-21(11-13)15-8-4-3-7-14(15)18/h3-4,7-8,12-13H,5-6,9-11H2,1-2H3,(H,19,24)(H,22,23). The van der Waals surface area contributed by atoms with E-state index in [0.717, 1.165) is 25.1 Å². The highest BCUT2D eigenvalue weighted by atomic mass is 35.5. The average molecular weight is 354 g/mol. The van der Waals surface area contributed by atoms with Gasteiger partial charge in [-0.25, -0.2) is 4.79 Å². The molecule has 2 N–H and O–H groups in total. The van der Waals surface area contributed by atoms with Crippen molar-refractivity contribution in [2.24, 2.45) is 5.92 Å². The van der Waals surface area contributed by atoms with Crippen LogP contribution in [0.5, 0.6) is 0 Å². The molecule has 1 aliphatic rings. The van der Waals surface area contributed by atoms with Gasteiger partial charge in [0.15, 0.2) is 0 Å². The van der Waals surface area contributed by atoms with Crippen molar-refractivity contribution >= 4 is 29.3 Å². The molecule has 24 heavy (non-hydrogen) atoms. The molecule has 7 heteroatoms. The molecule has 0 spiro atoms. The maximum atomic E-state index is 12.3. The summed E-state index contributed by atoms with van der Waals surface area (Å²) in [5, 5.41) is 12.6. The molecule has 2 rings (SSSR count). The number of carbonyl (C=O) groups is 2. The largest absolute Gasteiger partial charge is 0.481 e. The Balaban J connectivity index is 1.92. The van der Waals surface area contributed by atoms with Gasteiger partial charge in [0, 0.05) is 32.7 Å². The van der Waals surface area contributed by atoms with Gasteiger partial charge < -0.3 is 20.2 Å². The Labute approximate surface area is 147 Å². The van der Waals surface area contributed by atoms with Gasteiger partial charge in [-0.2, -0.15) is 0 Å². The van der Waals surface area contributed by atoms with Crippen LogP contribution in [0.4, 0.5) is 10.5 Å². The van der Waals surface area contributed by atoms with Crippen LogP contribution in [0.15, 0.2) is 24.3 Å². The first-order valence-electron chi connectivity index (χ1n) is 8.12. The van der Waals surface area contributed by atoms with Crippen LogP contribution in [0, 0.1) is 5.92 Å². The molecule has 0 radical (unpaired) electrons. The second-order valence-electron chi connectivity index (χ2n) is 6.31. The van der Waals surface area contributed by atoms with Crippen LogP contribution in [-0.4, -0.2) is 54.7 Å². The van der Waals surface area contributed by atoms with Crippen molar-refractivity contribution in [1.82, 2.24) is 10.2 Å². The van der Waals surface area contributed by atoms with Crippen LogP contribution in [0.2, 0.25) is 5.02 Å². The lowest BCUT2D eigenvalue weighted by Gasteiger charge is -2.36. The summed E-state index contributed by atoms with van der Waals surface area (Å²) < 4.78 is 0. The number of hydrogen-bond donors (Lipinski definition) is 2. The third kappa shape index (κ3) is 4.77. The predicted octanol–water partition coefficient (Wildman–Crippen LogP) is 2.67. The number of aliphatic carboxylic acids is 1. The monoisotopic (exact) mass is 353 g/mol. The normalized spacial score (nSPS) is 18.8. The molecule has 2 atom stereocenters. The lowest BCUT2D eigenvalue weighted by molar-refractivity contribution is -0.141. The maximum absolute atomic E-state index is 12.3. The number of carbonyl (C=O) groups excluding carboxylic acids is 1. The Kier molecular flexibility index (Phi) is 6.31. The number of piperidine rings is 1. The average Bonchev–Trinajstić information content (AvgIpc) is 2.55. The van der Waals surface area contributed by atoms with E-state index in [-0.39, 0.29) is 18.6 Å². The number of carboxylic acid groups (broad SMARTS) is 1. The summed E-state index contributed by atoms with van der Waals surface area (Å²) >= 11 is 6.26. The van der Waals surface area contributed by atoms with Gasteiger partial charge in [-0.1, -0.05) is 30.7 Å². The molecule has 1 fully saturated rings. The summed E-state index contributed by atoms with van der Waals surface area (Å²) in [4.78, 5) is 26.8. The van der Waals surface area contributed by atoms with E-state index in [1.54, 1.807) is 14.0 Å². The maximum Gasteiger partial charge on any atom is 0.317 e. The molecule has 0 aliphatic carbocycles. The van der Waals surface area contributed by atoms with Crippen molar-refractivity contribution in [3.63, 3.8) is 0 Å². The predicted molar refractivity (Wildman–Crippen MR) is 94.6 cm³/mol. The number of amides is 2. The molecule has 0 bridgehead atoms. The van der Waals surface area contributed by atoms with Crippen molar-refractivity contribution in [3.8, 4) is 0 Å². The van der Waals surface area contributed by atoms with E-state index in [0.29, 0.717) is 11.6 Å². The van der Waals surface area contributed by atoms with Gasteiger partial charge >= 0.3 is 12.0 Å². The molecular formula is C17H24ClN3O3. The van der Waals surface area contributed by atoms with E-state index in [1.165, 1.54) is 4.90 Å². The number of benzene rings is 1. The zero-order valence-corrected chi connectivity index (χ0v) is 14.8. The van der Waals surface area contributed by atoms with Gasteiger partial charge in [0.1, 0.15) is 0 Å². The number of hydrogen-bond acceptors (Lipinski definition) is 3. The van der Waals surface area contributed by atoms with E-state index < -0.39 is 11.9 Å². The topological polar surface area (TPSA) is 72.9 Å². The molecule has 132 valence electrons. The van der Waals surface area contributed by atoms with Crippen LogP contribution in [0.1, 0.15) is 19.8 Å². The number of nitrogens with one attached hydrogen (secondary N) is 1. The van der Waals surface area contributed by atoms with Crippen molar-refractivity contribution in [2.75, 3.05) is 31.6 Å². The Hall–Kier alpha value is -1.95. The van der Waals surface area contributed by atoms with Gasteiger partial charge in [0.25, 0.3) is 0 Å². The fourth-order valence-electron chi connectivity index (χ4n) is 2.88. The Bertz CT molecular complexity index is 596. The Morgan fingerprint density at radius 2 is 2.17 bits per heavy atom. The molecule has 1 heterocycles. The Morgan fingerprint density at radius 1 is 1.46 bits per heavy atom. The molecule has 2 amide bonds. The van der Waals surface area contributed by atoms with Crippen LogP contribution in [0.25, 0.3) is 0 Å². The molecule has 2 unspecified atom stereocenters. The third-order valence-electron chi connectivity index (χ3n) is 4.26. The highest BCUT2D eigenvalue weighted by Crippen LogP contribution is 2.27. The van der Waals surface area contributed by atoms with Gasteiger partial charge in [-0.3, -0.25) is 4.79 Å². The van der Waals surface area contributed by atoms with Gasteiger partial charge in [-0.15, -0.1) is 0 Å². The SMILES string of the molecule is CC(CN(C)C(=O)NC1CCCN(c2ccccc2Cl)C1)C(=O)O. The molecule has 0 aromatic heterocycles. The summed E-state index contributed by atoms with van der Waals surface area (Å²) in [6.45, 7) is 3.37. The fourth-order valence-corrected chi connectivity index (χ4v) is 3.13. The third-order valence-corrected chi connectivity index (χ3v) is 4.58. The smallest absolute Gasteiger partial charge is 0.317 e. The summed E-state index contributed by atoms with van der Waals surface area (Å²) in [7, 11) is 1.61. The second-order valence-corrected chi connectivity index (χ2v) is 6.71. The van der Waals surface area contributed by atoms with E-state index in [2.05, 4.69) is 10.2 Å². The highest BCUT2D eigenvalue weighted by molar-refractivity contribution is 6.33. The zero-order valence-electron chi connectivity index (χ0n) is 14.0. The highest BCUT2D eigenvalue weighted by Gasteiger charge is 2.25. The molecular weight excluding hydrogens is 330 g/mol. The van der Waals surface area contributed by atoms with Crippen molar-refractivity contribution in [3.05, 3.63) is 29.3 Å². The number of para-hydroxylation sites is 1. The minimum absolute atomic E-state index is 0.0186. The van der Waals surface area contributed by atoms with Crippen molar-refractivity contribution in [1.29, 1.82) is 0 Å². The van der Waals surface area contributed by atoms with Crippen LogP contribution in [0.3, 0.4) is 0 Å². The summed E-state index contributed by atoms with van der Waals surface area (Å²) in [6.07, 6.45) is 1.86. The Morgan fingerprint density at radius 3 is 2.83 bits per heavy atom. The first-order valence-corrected chi connectivity index (χ1v) is 8.50. The van der Waals surface area contributed by atoms with E-state index in [4.69, 9.17) is 16.7 Å². The van der Waals surface area contributed by atoms with Gasteiger partial charge in [0.2, 0.25) is 0 Å². The fraction of sp³-hybridized carbons (Fsp3) is 0.529. The molecule has 1 aromatic rings.